The number of nitrogens with two attached hydrogens (primary N) is 1. The maximum absolute atomic E-state index is 6.05. The van der Waals surface area contributed by atoms with Crippen molar-refractivity contribution >= 4 is 15.9 Å². The van der Waals surface area contributed by atoms with Crippen LogP contribution in [0.1, 0.15) is 24.9 Å². The zero-order chi connectivity index (χ0) is 14.8. The normalized spacial score (nSPS) is 23.3. The van der Waals surface area contributed by atoms with E-state index >= 15 is 0 Å². The molecule has 2 atom stereocenters. The van der Waals surface area contributed by atoms with Crippen LogP contribution in [0.25, 0.3) is 0 Å². The molecular formula is C15H21BrN2O3. The van der Waals surface area contributed by atoms with Gasteiger partial charge in [0.25, 0.3) is 0 Å². The lowest BCUT2D eigenvalue weighted by Crippen LogP contribution is -2.46. The van der Waals surface area contributed by atoms with E-state index in [0.29, 0.717) is 12.6 Å². The van der Waals surface area contributed by atoms with E-state index in [1.54, 1.807) is 0 Å². The molecule has 0 amide bonds. The summed E-state index contributed by atoms with van der Waals surface area (Å²) in [6.07, 6.45) is 1.32. The average molecular weight is 357 g/mol. The van der Waals surface area contributed by atoms with E-state index in [1.165, 1.54) is 0 Å². The first kappa shape index (κ1) is 15.1. The van der Waals surface area contributed by atoms with E-state index in [0.717, 1.165) is 47.7 Å². The molecule has 1 aromatic carbocycles. The highest BCUT2D eigenvalue weighted by molar-refractivity contribution is 9.10. The summed E-state index contributed by atoms with van der Waals surface area (Å²) in [5.74, 6) is 1.57. The van der Waals surface area contributed by atoms with Crippen LogP contribution in [0.15, 0.2) is 16.6 Å². The molecule has 116 valence electrons. The zero-order valence-electron chi connectivity index (χ0n) is 12.2. The number of fused-ring (bicyclic) bond motifs is 1. The Bertz CT molecular complexity index is 512. The van der Waals surface area contributed by atoms with Gasteiger partial charge in [-0.15, -0.1) is 0 Å². The largest absolute Gasteiger partial charge is 0.454 e. The van der Waals surface area contributed by atoms with Crippen molar-refractivity contribution in [3.05, 3.63) is 22.2 Å². The van der Waals surface area contributed by atoms with Gasteiger partial charge in [0.2, 0.25) is 6.79 Å². The van der Waals surface area contributed by atoms with Crippen LogP contribution in [0.4, 0.5) is 0 Å². The summed E-state index contributed by atoms with van der Waals surface area (Å²) in [4.78, 5) is 2.40. The Morgan fingerprint density at radius 3 is 3.05 bits per heavy atom. The van der Waals surface area contributed by atoms with Crippen LogP contribution in [0.5, 0.6) is 11.5 Å². The van der Waals surface area contributed by atoms with Gasteiger partial charge >= 0.3 is 0 Å². The average Bonchev–Trinajstić information content (AvgIpc) is 2.97. The number of benzene rings is 1. The molecule has 0 saturated carbocycles. The molecule has 0 radical (unpaired) electrons. The summed E-state index contributed by atoms with van der Waals surface area (Å²) in [5.41, 5.74) is 7.21. The Labute approximate surface area is 133 Å². The van der Waals surface area contributed by atoms with Crippen molar-refractivity contribution in [3.63, 3.8) is 0 Å². The highest BCUT2D eigenvalue weighted by atomic mass is 79.9. The van der Waals surface area contributed by atoms with E-state index in [-0.39, 0.29) is 12.8 Å². The second kappa shape index (κ2) is 6.52. The Hall–Kier alpha value is -0.820. The zero-order valence-corrected chi connectivity index (χ0v) is 13.8. The van der Waals surface area contributed by atoms with Gasteiger partial charge in [0.1, 0.15) is 0 Å². The summed E-state index contributed by atoms with van der Waals surface area (Å²) in [6, 6.07) is 4.30. The lowest BCUT2D eigenvalue weighted by molar-refractivity contribution is -0.0437. The van der Waals surface area contributed by atoms with Gasteiger partial charge in [-0.2, -0.15) is 0 Å². The minimum Gasteiger partial charge on any atom is -0.454 e. The van der Waals surface area contributed by atoms with Gasteiger partial charge < -0.3 is 19.9 Å². The van der Waals surface area contributed by atoms with Crippen molar-refractivity contribution < 1.29 is 14.2 Å². The fraction of sp³-hybridized carbons (Fsp3) is 0.600. The van der Waals surface area contributed by atoms with Crippen LogP contribution in [0.2, 0.25) is 0 Å². The number of hydrogen-bond donors (Lipinski definition) is 1. The Morgan fingerprint density at radius 2 is 2.29 bits per heavy atom. The van der Waals surface area contributed by atoms with Crippen LogP contribution in [0.3, 0.4) is 0 Å². The molecule has 1 saturated heterocycles. The molecule has 0 aliphatic carbocycles. The monoisotopic (exact) mass is 356 g/mol. The van der Waals surface area contributed by atoms with Crippen molar-refractivity contribution in [2.45, 2.75) is 25.5 Å². The Kier molecular flexibility index (Phi) is 4.69. The van der Waals surface area contributed by atoms with Gasteiger partial charge in [-0.25, -0.2) is 0 Å². The van der Waals surface area contributed by atoms with Crippen molar-refractivity contribution in [3.8, 4) is 11.5 Å². The molecule has 3 rings (SSSR count). The molecule has 1 aromatic rings. The topological polar surface area (TPSA) is 57.0 Å². The minimum absolute atomic E-state index is 0.175. The van der Waals surface area contributed by atoms with Crippen molar-refractivity contribution in [2.75, 3.05) is 33.0 Å². The van der Waals surface area contributed by atoms with Crippen LogP contribution in [0, 0.1) is 0 Å². The van der Waals surface area contributed by atoms with Crippen LogP contribution in [-0.4, -0.2) is 44.0 Å². The first-order chi connectivity index (χ1) is 10.2. The molecule has 6 heteroatoms. The molecule has 0 bridgehead atoms. The number of halogens is 1. The predicted octanol–water partition coefficient (Wildman–Crippen LogP) is 2.29. The number of hydrogen-bond acceptors (Lipinski definition) is 5. The molecular weight excluding hydrogens is 336 g/mol. The molecule has 2 aliphatic heterocycles. The predicted molar refractivity (Wildman–Crippen MR) is 83.7 cm³/mol. The van der Waals surface area contributed by atoms with Crippen molar-refractivity contribution in [2.24, 2.45) is 5.73 Å². The number of morpholine rings is 1. The molecule has 2 unspecified atom stereocenters. The fourth-order valence-electron chi connectivity index (χ4n) is 2.95. The molecule has 0 spiro atoms. The summed E-state index contributed by atoms with van der Waals surface area (Å²) < 4.78 is 17.6. The first-order valence-electron chi connectivity index (χ1n) is 7.37. The van der Waals surface area contributed by atoms with E-state index in [1.807, 2.05) is 6.07 Å². The first-order valence-corrected chi connectivity index (χ1v) is 8.17. The number of nitrogens with zero attached hydrogens (tertiary/aromatic N) is 1. The maximum Gasteiger partial charge on any atom is 0.231 e. The van der Waals surface area contributed by atoms with Gasteiger partial charge in [-0.1, -0.05) is 6.92 Å². The van der Waals surface area contributed by atoms with Crippen LogP contribution >= 0.6 is 15.9 Å². The third-order valence-electron chi connectivity index (χ3n) is 4.12. The highest BCUT2D eigenvalue weighted by Crippen LogP contribution is 2.42. The second-order valence-corrected chi connectivity index (χ2v) is 6.24. The molecule has 1 fully saturated rings. The van der Waals surface area contributed by atoms with Crippen LogP contribution < -0.4 is 15.2 Å². The Balaban J connectivity index is 1.84. The lowest BCUT2D eigenvalue weighted by Gasteiger charge is -2.38. The second-order valence-electron chi connectivity index (χ2n) is 5.38. The lowest BCUT2D eigenvalue weighted by atomic mass is 10.0. The smallest absolute Gasteiger partial charge is 0.231 e. The highest BCUT2D eigenvalue weighted by Gasteiger charge is 2.28. The summed E-state index contributed by atoms with van der Waals surface area (Å²) in [5, 5.41) is 0. The summed E-state index contributed by atoms with van der Waals surface area (Å²) in [7, 11) is 0. The van der Waals surface area contributed by atoms with Gasteiger partial charge in [-0.3, -0.25) is 4.90 Å². The molecule has 0 aromatic heterocycles. The SMILES string of the molecule is CCC1CN(C(CN)c2cc(Br)c3c(c2)OCO3)CCO1. The van der Waals surface area contributed by atoms with Gasteiger partial charge in [-0.05, 0) is 40.0 Å². The number of rotatable bonds is 4. The quantitative estimate of drug-likeness (QED) is 0.896. The van der Waals surface area contributed by atoms with Crippen LogP contribution in [-0.2, 0) is 4.74 Å². The van der Waals surface area contributed by atoms with Crippen molar-refractivity contribution in [1.29, 1.82) is 0 Å². The molecule has 5 nitrogen and oxygen atoms in total. The van der Waals surface area contributed by atoms with E-state index in [9.17, 15) is 0 Å². The molecule has 2 aliphatic rings. The summed E-state index contributed by atoms with van der Waals surface area (Å²) in [6.45, 7) is 5.60. The van der Waals surface area contributed by atoms with E-state index in [4.69, 9.17) is 19.9 Å². The molecule has 2 heterocycles. The standard InChI is InChI=1S/C15H21BrN2O3/c1-2-11-8-18(3-4-19-11)13(7-17)10-5-12(16)15-14(6-10)20-9-21-15/h5-6,11,13H,2-4,7-9,17H2,1H3. The third-order valence-corrected chi connectivity index (χ3v) is 4.71. The van der Waals surface area contributed by atoms with Gasteiger partial charge in [0.05, 0.1) is 17.2 Å². The molecule has 2 N–H and O–H groups in total. The van der Waals surface area contributed by atoms with Gasteiger partial charge in [0, 0.05) is 25.7 Å². The van der Waals surface area contributed by atoms with E-state index < -0.39 is 0 Å². The van der Waals surface area contributed by atoms with Crippen molar-refractivity contribution in [1.82, 2.24) is 4.90 Å². The fourth-order valence-corrected chi connectivity index (χ4v) is 3.52. The molecule has 21 heavy (non-hydrogen) atoms. The maximum atomic E-state index is 6.05. The Morgan fingerprint density at radius 1 is 1.43 bits per heavy atom. The van der Waals surface area contributed by atoms with Gasteiger partial charge in [0.15, 0.2) is 11.5 Å². The summed E-state index contributed by atoms with van der Waals surface area (Å²) >= 11 is 3.56. The number of ether oxygens (including phenoxy) is 3. The minimum atomic E-state index is 0.175. The van der Waals surface area contributed by atoms with E-state index in [2.05, 4.69) is 33.8 Å². The third kappa shape index (κ3) is 3.04.